The molecule has 0 fully saturated rings. The Bertz CT molecular complexity index is 535. The summed E-state index contributed by atoms with van der Waals surface area (Å²) in [5, 5.41) is 3.31. The predicted octanol–water partition coefficient (Wildman–Crippen LogP) is 4.93. The van der Waals surface area contributed by atoms with Crippen LogP contribution in [0.5, 0.6) is 0 Å². The van der Waals surface area contributed by atoms with Crippen LogP contribution in [-0.2, 0) is 5.75 Å². The van der Waals surface area contributed by atoms with Gasteiger partial charge in [-0.15, -0.1) is 11.8 Å². The van der Waals surface area contributed by atoms with Crippen molar-refractivity contribution in [3.05, 3.63) is 53.7 Å². The number of anilines is 1. The molecule has 0 spiro atoms. The third-order valence-corrected chi connectivity index (χ3v) is 4.24. The van der Waals surface area contributed by atoms with Crippen LogP contribution in [0.2, 0.25) is 0 Å². The number of thioether (sulfide) groups is 1. The van der Waals surface area contributed by atoms with Crippen LogP contribution >= 0.6 is 11.8 Å². The molecule has 2 nitrogen and oxygen atoms in total. The van der Waals surface area contributed by atoms with Crippen LogP contribution in [0.4, 0.5) is 5.82 Å². The Hall–Kier alpha value is -1.48. The molecule has 0 unspecified atom stereocenters. The first-order chi connectivity index (χ1) is 9.70. The number of nitrogens with zero attached hydrogens (tertiary/aromatic N) is 1. The summed E-state index contributed by atoms with van der Waals surface area (Å²) < 4.78 is 0. The quantitative estimate of drug-likeness (QED) is 0.762. The van der Waals surface area contributed by atoms with E-state index in [0.29, 0.717) is 5.92 Å². The van der Waals surface area contributed by atoms with Crippen molar-refractivity contribution in [2.75, 3.05) is 11.9 Å². The van der Waals surface area contributed by atoms with Gasteiger partial charge in [0.25, 0.3) is 0 Å². The molecular weight excluding hydrogens is 264 g/mol. The van der Waals surface area contributed by atoms with Crippen molar-refractivity contribution in [3.8, 4) is 0 Å². The topological polar surface area (TPSA) is 24.9 Å². The van der Waals surface area contributed by atoms with E-state index < -0.39 is 0 Å². The molecule has 1 heterocycles. The number of aromatic nitrogens is 1. The first-order valence-electron chi connectivity index (χ1n) is 7.11. The highest BCUT2D eigenvalue weighted by atomic mass is 32.2. The van der Waals surface area contributed by atoms with Gasteiger partial charge in [-0.1, -0.05) is 32.0 Å². The van der Waals surface area contributed by atoms with E-state index in [2.05, 4.69) is 61.4 Å². The predicted molar refractivity (Wildman–Crippen MR) is 88.5 cm³/mol. The fourth-order valence-electron chi connectivity index (χ4n) is 1.99. The number of hydrogen-bond acceptors (Lipinski definition) is 3. The van der Waals surface area contributed by atoms with Gasteiger partial charge in [0, 0.05) is 29.0 Å². The number of pyridine rings is 1. The highest BCUT2D eigenvalue weighted by molar-refractivity contribution is 7.98. The monoisotopic (exact) mass is 286 g/mol. The fraction of sp³-hybridized carbons (Fsp3) is 0.353. The zero-order chi connectivity index (χ0) is 14.4. The third kappa shape index (κ3) is 4.01. The van der Waals surface area contributed by atoms with Gasteiger partial charge in [0.2, 0.25) is 0 Å². The minimum Gasteiger partial charge on any atom is -0.370 e. The molecular formula is C17H22N2S. The fourth-order valence-corrected chi connectivity index (χ4v) is 2.88. The molecule has 3 heteroatoms. The van der Waals surface area contributed by atoms with E-state index in [0.717, 1.165) is 18.1 Å². The summed E-state index contributed by atoms with van der Waals surface area (Å²) in [6.45, 7) is 7.44. The van der Waals surface area contributed by atoms with E-state index in [-0.39, 0.29) is 0 Å². The Morgan fingerprint density at radius 1 is 1.15 bits per heavy atom. The maximum absolute atomic E-state index is 4.39. The van der Waals surface area contributed by atoms with Gasteiger partial charge in [-0.2, -0.15) is 0 Å². The summed E-state index contributed by atoms with van der Waals surface area (Å²) >= 11 is 1.85. The van der Waals surface area contributed by atoms with E-state index >= 15 is 0 Å². The van der Waals surface area contributed by atoms with Crippen molar-refractivity contribution >= 4 is 17.6 Å². The van der Waals surface area contributed by atoms with E-state index in [4.69, 9.17) is 0 Å². The van der Waals surface area contributed by atoms with Crippen molar-refractivity contribution in [2.45, 2.75) is 37.3 Å². The molecule has 106 valence electrons. The number of nitrogens with one attached hydrogen (secondary N) is 1. The SMILES string of the molecule is CCNc1ncccc1CSc1ccc(C(C)C)cc1. The molecule has 0 aliphatic heterocycles. The van der Waals surface area contributed by atoms with E-state index in [1.54, 1.807) is 0 Å². The lowest BCUT2D eigenvalue weighted by atomic mass is 10.0. The second kappa shape index (κ2) is 7.34. The lowest BCUT2D eigenvalue weighted by Gasteiger charge is -2.10. The minimum atomic E-state index is 0.590. The first kappa shape index (κ1) is 14.9. The smallest absolute Gasteiger partial charge is 0.129 e. The van der Waals surface area contributed by atoms with E-state index in [1.807, 2.05) is 24.0 Å². The zero-order valence-corrected chi connectivity index (χ0v) is 13.2. The molecule has 1 N–H and O–H groups in total. The normalized spacial score (nSPS) is 10.8. The summed E-state index contributed by atoms with van der Waals surface area (Å²) in [5.41, 5.74) is 2.65. The van der Waals surface area contributed by atoms with Gasteiger partial charge in [-0.25, -0.2) is 4.98 Å². The maximum Gasteiger partial charge on any atom is 0.129 e. The molecule has 0 saturated carbocycles. The van der Waals surface area contributed by atoms with Crippen LogP contribution in [0.15, 0.2) is 47.5 Å². The Morgan fingerprint density at radius 3 is 2.55 bits per heavy atom. The molecule has 2 rings (SSSR count). The lowest BCUT2D eigenvalue weighted by Crippen LogP contribution is -2.02. The number of hydrogen-bond donors (Lipinski definition) is 1. The highest BCUT2D eigenvalue weighted by Gasteiger charge is 2.04. The molecule has 0 saturated heterocycles. The maximum atomic E-state index is 4.39. The van der Waals surface area contributed by atoms with Gasteiger partial charge in [0.05, 0.1) is 0 Å². The summed E-state index contributed by atoms with van der Waals surface area (Å²) in [6, 6.07) is 13.0. The molecule has 0 bridgehead atoms. The zero-order valence-electron chi connectivity index (χ0n) is 12.4. The number of benzene rings is 1. The standard InChI is InChI=1S/C17H22N2S/c1-4-18-17-15(6-5-11-19-17)12-20-16-9-7-14(8-10-16)13(2)3/h5-11,13H,4,12H2,1-3H3,(H,18,19). The van der Waals surface area contributed by atoms with Crippen molar-refractivity contribution in [2.24, 2.45) is 0 Å². The Kier molecular flexibility index (Phi) is 5.48. The summed E-state index contributed by atoms with van der Waals surface area (Å²) in [4.78, 5) is 5.70. The number of rotatable bonds is 6. The van der Waals surface area contributed by atoms with Gasteiger partial charge in [0.1, 0.15) is 5.82 Å². The molecule has 0 aliphatic carbocycles. The van der Waals surface area contributed by atoms with Gasteiger partial charge >= 0.3 is 0 Å². The summed E-state index contributed by atoms with van der Waals surface area (Å²) in [5.74, 6) is 2.53. The van der Waals surface area contributed by atoms with Gasteiger partial charge in [0.15, 0.2) is 0 Å². The average molecular weight is 286 g/mol. The molecule has 1 aromatic carbocycles. The Balaban J connectivity index is 2.01. The molecule has 0 radical (unpaired) electrons. The van der Waals surface area contributed by atoms with Crippen LogP contribution in [-0.4, -0.2) is 11.5 Å². The summed E-state index contributed by atoms with van der Waals surface area (Å²) in [7, 11) is 0. The van der Waals surface area contributed by atoms with E-state index in [1.165, 1.54) is 16.0 Å². The lowest BCUT2D eigenvalue weighted by molar-refractivity contribution is 0.865. The van der Waals surface area contributed by atoms with Crippen molar-refractivity contribution in [1.82, 2.24) is 4.98 Å². The molecule has 0 aliphatic rings. The van der Waals surface area contributed by atoms with Crippen LogP contribution in [0.1, 0.15) is 37.8 Å². The van der Waals surface area contributed by atoms with Crippen LogP contribution in [0.25, 0.3) is 0 Å². The van der Waals surface area contributed by atoms with Crippen LogP contribution in [0, 0.1) is 0 Å². The highest BCUT2D eigenvalue weighted by Crippen LogP contribution is 2.27. The third-order valence-electron chi connectivity index (χ3n) is 3.18. The van der Waals surface area contributed by atoms with E-state index in [9.17, 15) is 0 Å². The van der Waals surface area contributed by atoms with Crippen molar-refractivity contribution in [3.63, 3.8) is 0 Å². The first-order valence-corrected chi connectivity index (χ1v) is 8.09. The van der Waals surface area contributed by atoms with Crippen LogP contribution in [0.3, 0.4) is 0 Å². The molecule has 20 heavy (non-hydrogen) atoms. The molecule has 2 aromatic rings. The van der Waals surface area contributed by atoms with Crippen LogP contribution < -0.4 is 5.32 Å². The average Bonchev–Trinajstić information content (AvgIpc) is 2.47. The Morgan fingerprint density at radius 2 is 1.90 bits per heavy atom. The van der Waals surface area contributed by atoms with Crippen molar-refractivity contribution in [1.29, 1.82) is 0 Å². The second-order valence-electron chi connectivity index (χ2n) is 5.05. The van der Waals surface area contributed by atoms with Crippen molar-refractivity contribution < 1.29 is 0 Å². The molecule has 1 aromatic heterocycles. The largest absolute Gasteiger partial charge is 0.370 e. The van der Waals surface area contributed by atoms with Gasteiger partial charge < -0.3 is 5.32 Å². The summed E-state index contributed by atoms with van der Waals surface area (Å²) in [6.07, 6.45) is 1.84. The second-order valence-corrected chi connectivity index (χ2v) is 6.10. The van der Waals surface area contributed by atoms with Gasteiger partial charge in [-0.05, 0) is 36.6 Å². The van der Waals surface area contributed by atoms with Gasteiger partial charge in [-0.3, -0.25) is 0 Å². The Labute approximate surface area is 126 Å². The molecule has 0 amide bonds. The minimum absolute atomic E-state index is 0.590. The molecule has 0 atom stereocenters.